The molecular formula is C25H27N3O3S2. The Morgan fingerprint density at radius 3 is 2.85 bits per heavy atom. The predicted molar refractivity (Wildman–Crippen MR) is 135 cm³/mol. The number of benzene rings is 1. The lowest BCUT2D eigenvalue weighted by molar-refractivity contribution is 0.0964. The molecule has 4 heterocycles. The molecule has 1 amide bonds. The average molecular weight is 482 g/mol. The van der Waals surface area contributed by atoms with Crippen LogP contribution in [0.3, 0.4) is 0 Å². The van der Waals surface area contributed by atoms with Crippen molar-refractivity contribution in [3.63, 3.8) is 0 Å². The van der Waals surface area contributed by atoms with E-state index in [-0.39, 0.29) is 5.91 Å². The quantitative estimate of drug-likeness (QED) is 0.333. The number of likely N-dealkylation sites (tertiary alicyclic amines) is 1. The molecular weight excluding hydrogens is 454 g/mol. The first-order valence-corrected chi connectivity index (χ1v) is 12.9. The number of nitrogens with zero attached hydrogens (tertiary/aromatic N) is 2. The van der Waals surface area contributed by atoms with E-state index in [4.69, 9.17) is 9.47 Å². The summed E-state index contributed by atoms with van der Waals surface area (Å²) in [7, 11) is 1.66. The second-order valence-corrected chi connectivity index (χ2v) is 10.6. The normalized spacial score (nSPS) is 14.4. The monoisotopic (exact) mass is 481 g/mol. The number of fused-ring (bicyclic) bond motifs is 2. The maximum atomic E-state index is 12.2. The molecule has 3 aromatic heterocycles. The number of aromatic nitrogens is 1. The van der Waals surface area contributed by atoms with Crippen molar-refractivity contribution in [3.05, 3.63) is 51.8 Å². The zero-order valence-corrected chi connectivity index (χ0v) is 20.5. The number of amides is 1. The average Bonchev–Trinajstić information content (AvgIpc) is 3.54. The molecule has 5 rings (SSSR count). The van der Waals surface area contributed by atoms with Gasteiger partial charge in [0.2, 0.25) is 0 Å². The van der Waals surface area contributed by atoms with Gasteiger partial charge in [-0.1, -0.05) is 0 Å². The molecule has 1 aliphatic heterocycles. The molecule has 33 heavy (non-hydrogen) atoms. The summed E-state index contributed by atoms with van der Waals surface area (Å²) < 4.78 is 14.3. The lowest BCUT2D eigenvalue weighted by Gasteiger charge is -2.13. The molecule has 1 aromatic carbocycles. The standard InChI is InChI=1S/C25H27N3O3S2/c1-16-23(25(29)26-2)19-6-5-17(13-22(19)32-16)31-21-7-8-27-20-14-18(33-24(20)21)15-30-12-11-28-9-3-4-10-28/h5-8,13-14H,3-4,9-12,15H2,1-2H3,(H,26,29). The number of hydrogen-bond donors (Lipinski definition) is 1. The van der Waals surface area contributed by atoms with Crippen molar-refractivity contribution in [1.82, 2.24) is 15.2 Å². The summed E-state index contributed by atoms with van der Waals surface area (Å²) in [5, 5.41) is 3.68. The fraction of sp³-hybridized carbons (Fsp3) is 0.360. The molecule has 0 saturated carbocycles. The van der Waals surface area contributed by atoms with Crippen LogP contribution in [0.1, 0.15) is 33.0 Å². The third kappa shape index (κ3) is 4.75. The molecule has 1 N–H and O–H groups in total. The Bertz CT molecular complexity index is 1290. The van der Waals surface area contributed by atoms with Crippen LogP contribution in [0.15, 0.2) is 36.5 Å². The lowest BCUT2D eigenvalue weighted by Crippen LogP contribution is -2.23. The van der Waals surface area contributed by atoms with Crippen LogP contribution in [0, 0.1) is 6.92 Å². The fourth-order valence-electron chi connectivity index (χ4n) is 4.29. The number of rotatable bonds is 8. The smallest absolute Gasteiger partial charge is 0.252 e. The second-order valence-electron chi connectivity index (χ2n) is 8.21. The summed E-state index contributed by atoms with van der Waals surface area (Å²) in [5.41, 5.74) is 1.66. The number of nitrogens with one attached hydrogen (secondary N) is 1. The van der Waals surface area contributed by atoms with Crippen LogP contribution >= 0.6 is 22.7 Å². The number of pyridine rings is 1. The van der Waals surface area contributed by atoms with Gasteiger partial charge in [0, 0.05) is 45.7 Å². The van der Waals surface area contributed by atoms with Crippen molar-refractivity contribution in [2.45, 2.75) is 26.4 Å². The summed E-state index contributed by atoms with van der Waals surface area (Å²) in [6.45, 7) is 6.72. The first-order chi connectivity index (χ1) is 16.1. The van der Waals surface area contributed by atoms with E-state index in [2.05, 4.69) is 21.3 Å². The molecule has 0 bridgehead atoms. The molecule has 0 spiro atoms. The number of carbonyl (C=O) groups excluding carboxylic acids is 1. The van der Waals surface area contributed by atoms with E-state index in [1.807, 2.05) is 31.2 Å². The van der Waals surface area contributed by atoms with E-state index in [0.29, 0.717) is 6.61 Å². The van der Waals surface area contributed by atoms with E-state index in [1.165, 1.54) is 25.9 Å². The van der Waals surface area contributed by atoms with E-state index in [9.17, 15) is 4.79 Å². The van der Waals surface area contributed by atoms with Crippen LogP contribution in [0.4, 0.5) is 0 Å². The largest absolute Gasteiger partial charge is 0.456 e. The van der Waals surface area contributed by atoms with Gasteiger partial charge in [0.1, 0.15) is 11.5 Å². The SMILES string of the molecule is CNC(=O)c1c(C)sc2cc(Oc3ccnc4cc(COCCN5CCCC5)sc34)ccc12. The molecule has 0 unspecified atom stereocenters. The van der Waals surface area contributed by atoms with Crippen LogP contribution < -0.4 is 10.1 Å². The van der Waals surface area contributed by atoms with Gasteiger partial charge in [-0.25, -0.2) is 0 Å². The van der Waals surface area contributed by atoms with Crippen LogP contribution in [-0.2, 0) is 11.3 Å². The number of carbonyl (C=O) groups is 1. The summed E-state index contributed by atoms with van der Waals surface area (Å²) in [6.07, 6.45) is 4.39. The van der Waals surface area contributed by atoms with Crippen LogP contribution in [0.25, 0.3) is 20.3 Å². The van der Waals surface area contributed by atoms with Gasteiger partial charge >= 0.3 is 0 Å². The fourth-order valence-corrected chi connectivity index (χ4v) is 6.38. The van der Waals surface area contributed by atoms with Crippen molar-refractivity contribution in [3.8, 4) is 11.5 Å². The predicted octanol–water partition coefficient (Wildman–Crippen LogP) is 5.58. The minimum Gasteiger partial charge on any atom is -0.456 e. The van der Waals surface area contributed by atoms with Crippen molar-refractivity contribution < 1.29 is 14.3 Å². The number of hydrogen-bond acceptors (Lipinski definition) is 7. The van der Waals surface area contributed by atoms with Crippen molar-refractivity contribution in [2.75, 3.05) is 33.3 Å². The van der Waals surface area contributed by atoms with E-state index in [1.54, 1.807) is 35.9 Å². The third-order valence-electron chi connectivity index (χ3n) is 5.94. The van der Waals surface area contributed by atoms with Crippen molar-refractivity contribution >= 4 is 48.9 Å². The Hall–Kier alpha value is -2.52. The minimum absolute atomic E-state index is 0.0583. The van der Waals surface area contributed by atoms with Crippen LogP contribution in [-0.4, -0.2) is 49.1 Å². The lowest BCUT2D eigenvalue weighted by atomic mass is 10.1. The van der Waals surface area contributed by atoms with Gasteiger partial charge in [-0.05, 0) is 57.1 Å². The maximum Gasteiger partial charge on any atom is 0.252 e. The minimum atomic E-state index is -0.0583. The Kier molecular flexibility index (Phi) is 6.59. The zero-order valence-electron chi connectivity index (χ0n) is 18.8. The number of ether oxygens (including phenoxy) is 2. The molecule has 1 saturated heterocycles. The Morgan fingerprint density at radius 2 is 2.03 bits per heavy atom. The molecule has 0 atom stereocenters. The molecule has 4 aromatic rings. The molecule has 0 radical (unpaired) electrons. The zero-order chi connectivity index (χ0) is 22.8. The van der Waals surface area contributed by atoms with Gasteiger partial charge in [-0.2, -0.15) is 0 Å². The molecule has 1 aliphatic rings. The highest BCUT2D eigenvalue weighted by molar-refractivity contribution is 7.19. The van der Waals surface area contributed by atoms with Crippen molar-refractivity contribution in [1.29, 1.82) is 0 Å². The highest BCUT2D eigenvalue weighted by Crippen LogP contribution is 2.38. The molecule has 8 heteroatoms. The number of aryl methyl sites for hydroxylation is 1. The number of thiophene rings is 2. The van der Waals surface area contributed by atoms with Gasteiger partial charge in [0.25, 0.3) is 5.91 Å². The van der Waals surface area contributed by atoms with Gasteiger partial charge < -0.3 is 19.7 Å². The summed E-state index contributed by atoms with van der Waals surface area (Å²) in [5.74, 6) is 1.47. The molecule has 0 aliphatic carbocycles. The van der Waals surface area contributed by atoms with Gasteiger partial charge in [0.15, 0.2) is 0 Å². The van der Waals surface area contributed by atoms with E-state index < -0.39 is 0 Å². The second kappa shape index (κ2) is 9.77. The van der Waals surface area contributed by atoms with E-state index in [0.717, 1.165) is 60.3 Å². The Morgan fingerprint density at radius 1 is 1.18 bits per heavy atom. The maximum absolute atomic E-state index is 12.2. The molecule has 172 valence electrons. The topological polar surface area (TPSA) is 63.7 Å². The Balaban J connectivity index is 1.31. The highest BCUT2D eigenvalue weighted by atomic mass is 32.1. The summed E-state index contributed by atoms with van der Waals surface area (Å²) in [4.78, 5) is 21.4. The summed E-state index contributed by atoms with van der Waals surface area (Å²) >= 11 is 3.27. The van der Waals surface area contributed by atoms with Gasteiger partial charge in [-0.3, -0.25) is 9.78 Å². The van der Waals surface area contributed by atoms with E-state index >= 15 is 0 Å². The molecule has 6 nitrogen and oxygen atoms in total. The van der Waals surface area contributed by atoms with Crippen LogP contribution in [0.5, 0.6) is 11.5 Å². The van der Waals surface area contributed by atoms with Crippen molar-refractivity contribution in [2.24, 2.45) is 0 Å². The van der Waals surface area contributed by atoms with Crippen LogP contribution in [0.2, 0.25) is 0 Å². The van der Waals surface area contributed by atoms with Gasteiger partial charge in [-0.15, -0.1) is 22.7 Å². The third-order valence-corrected chi connectivity index (χ3v) is 8.12. The first kappa shape index (κ1) is 22.3. The van der Waals surface area contributed by atoms with Gasteiger partial charge in [0.05, 0.1) is 29.0 Å². The highest BCUT2D eigenvalue weighted by Gasteiger charge is 2.17. The first-order valence-electron chi connectivity index (χ1n) is 11.2. The Labute approximate surface area is 201 Å². The summed E-state index contributed by atoms with van der Waals surface area (Å²) in [6, 6.07) is 9.87. The molecule has 1 fully saturated rings.